The van der Waals surface area contributed by atoms with E-state index in [0.717, 1.165) is 3.57 Å². The monoisotopic (exact) mass is 357 g/mol. The highest BCUT2D eigenvalue weighted by Crippen LogP contribution is 2.13. The third-order valence-electron chi connectivity index (χ3n) is 2.29. The Morgan fingerprint density at radius 1 is 1.39 bits per heavy atom. The molecule has 7 heteroatoms. The van der Waals surface area contributed by atoms with Crippen molar-refractivity contribution in [2.75, 3.05) is 0 Å². The van der Waals surface area contributed by atoms with Gasteiger partial charge in [-0.1, -0.05) is 12.1 Å². The van der Waals surface area contributed by atoms with Gasteiger partial charge in [0.05, 0.1) is 17.7 Å². The molecule has 92 valence electrons. The molecule has 0 bridgehead atoms. The van der Waals surface area contributed by atoms with Gasteiger partial charge in [-0.25, -0.2) is 4.68 Å². The SMILES string of the molecule is O=c1cc(I)cnn1Cc1cccc([N+](=O)[O-])c1. The maximum Gasteiger partial charge on any atom is 0.269 e. The number of nitro groups is 1. The van der Waals surface area contributed by atoms with Crippen LogP contribution in [0.2, 0.25) is 0 Å². The summed E-state index contributed by atoms with van der Waals surface area (Å²) in [6.07, 6.45) is 1.57. The van der Waals surface area contributed by atoms with Crippen LogP contribution in [0.25, 0.3) is 0 Å². The van der Waals surface area contributed by atoms with Crippen LogP contribution < -0.4 is 5.56 Å². The lowest BCUT2D eigenvalue weighted by Gasteiger charge is -2.04. The molecule has 2 rings (SSSR count). The summed E-state index contributed by atoms with van der Waals surface area (Å²) >= 11 is 2.00. The lowest BCUT2D eigenvalue weighted by atomic mass is 10.2. The molecule has 0 fully saturated rings. The Labute approximate surface area is 116 Å². The third-order valence-corrected chi connectivity index (χ3v) is 2.88. The van der Waals surface area contributed by atoms with Gasteiger partial charge >= 0.3 is 0 Å². The second-order valence-electron chi connectivity index (χ2n) is 3.60. The normalized spacial score (nSPS) is 10.3. The van der Waals surface area contributed by atoms with Crippen molar-refractivity contribution in [2.24, 2.45) is 0 Å². The Morgan fingerprint density at radius 2 is 2.17 bits per heavy atom. The number of nitrogens with zero attached hydrogens (tertiary/aromatic N) is 3. The third kappa shape index (κ3) is 2.92. The van der Waals surface area contributed by atoms with E-state index in [2.05, 4.69) is 5.10 Å². The Kier molecular flexibility index (Phi) is 3.70. The molecule has 0 atom stereocenters. The molecule has 18 heavy (non-hydrogen) atoms. The van der Waals surface area contributed by atoms with Gasteiger partial charge in [0.1, 0.15) is 0 Å². The molecule has 0 aliphatic rings. The Hall–Kier alpha value is -1.77. The number of halogens is 1. The predicted molar refractivity (Wildman–Crippen MR) is 73.4 cm³/mol. The van der Waals surface area contributed by atoms with Crippen LogP contribution in [0.3, 0.4) is 0 Å². The molecule has 0 N–H and O–H groups in total. The van der Waals surface area contributed by atoms with Gasteiger partial charge in [-0.15, -0.1) is 0 Å². The van der Waals surface area contributed by atoms with Gasteiger partial charge in [0, 0.05) is 21.8 Å². The van der Waals surface area contributed by atoms with E-state index < -0.39 is 4.92 Å². The molecule has 1 heterocycles. The highest BCUT2D eigenvalue weighted by atomic mass is 127. The first-order valence-corrected chi connectivity index (χ1v) is 6.10. The molecule has 0 radical (unpaired) electrons. The average molecular weight is 357 g/mol. The van der Waals surface area contributed by atoms with Crippen LogP contribution in [0.4, 0.5) is 5.69 Å². The molecular formula is C11H8IN3O3. The zero-order valence-corrected chi connectivity index (χ0v) is 11.3. The van der Waals surface area contributed by atoms with Crippen molar-refractivity contribution < 1.29 is 4.92 Å². The van der Waals surface area contributed by atoms with Crippen LogP contribution in [0, 0.1) is 13.7 Å². The van der Waals surface area contributed by atoms with Gasteiger partial charge in [-0.2, -0.15) is 5.10 Å². The maximum atomic E-state index is 11.6. The minimum absolute atomic E-state index is 0.00561. The topological polar surface area (TPSA) is 78.0 Å². The molecule has 1 aromatic carbocycles. The summed E-state index contributed by atoms with van der Waals surface area (Å²) in [6, 6.07) is 7.62. The van der Waals surface area contributed by atoms with Crippen molar-refractivity contribution in [1.29, 1.82) is 0 Å². The van der Waals surface area contributed by atoms with Crippen LogP contribution in [0.5, 0.6) is 0 Å². The molecule has 1 aromatic heterocycles. The summed E-state index contributed by atoms with van der Waals surface area (Å²) in [5, 5.41) is 14.6. The predicted octanol–water partition coefficient (Wildman–Crippen LogP) is 1.80. The Morgan fingerprint density at radius 3 is 2.83 bits per heavy atom. The molecular weight excluding hydrogens is 349 g/mol. The van der Waals surface area contributed by atoms with Crippen molar-refractivity contribution in [1.82, 2.24) is 9.78 Å². The summed E-state index contributed by atoms with van der Waals surface area (Å²) in [6.45, 7) is 0.220. The summed E-state index contributed by atoms with van der Waals surface area (Å²) in [4.78, 5) is 21.8. The largest absolute Gasteiger partial charge is 0.269 e. The molecule has 0 saturated heterocycles. The number of aromatic nitrogens is 2. The number of benzene rings is 1. The maximum absolute atomic E-state index is 11.6. The molecule has 2 aromatic rings. The first-order valence-electron chi connectivity index (χ1n) is 5.02. The molecule has 0 unspecified atom stereocenters. The van der Waals surface area contributed by atoms with E-state index in [4.69, 9.17) is 0 Å². The van der Waals surface area contributed by atoms with Gasteiger partial charge in [0.15, 0.2) is 0 Å². The molecule has 0 spiro atoms. The first kappa shape index (κ1) is 12.7. The molecule has 0 amide bonds. The standard InChI is InChI=1S/C11H8IN3O3/c12-9-5-11(16)14(13-6-9)7-8-2-1-3-10(4-8)15(17)18/h1-6H,7H2. The number of nitro benzene ring substituents is 1. The zero-order valence-electron chi connectivity index (χ0n) is 9.12. The van der Waals surface area contributed by atoms with Crippen molar-refractivity contribution >= 4 is 28.3 Å². The van der Waals surface area contributed by atoms with E-state index in [1.807, 2.05) is 22.6 Å². The van der Waals surface area contributed by atoms with Crippen molar-refractivity contribution in [3.8, 4) is 0 Å². The average Bonchev–Trinajstić information content (AvgIpc) is 2.33. The molecule has 0 aliphatic heterocycles. The quantitative estimate of drug-likeness (QED) is 0.477. The second-order valence-corrected chi connectivity index (χ2v) is 4.84. The summed E-state index contributed by atoms with van der Waals surface area (Å²) in [5.74, 6) is 0. The molecule has 6 nitrogen and oxygen atoms in total. The van der Waals surface area contributed by atoms with Crippen LogP contribution in [-0.4, -0.2) is 14.7 Å². The fourth-order valence-corrected chi connectivity index (χ4v) is 1.86. The van der Waals surface area contributed by atoms with Crippen LogP contribution in [0.15, 0.2) is 41.3 Å². The number of non-ortho nitro benzene ring substituents is 1. The van der Waals surface area contributed by atoms with E-state index in [9.17, 15) is 14.9 Å². The second kappa shape index (κ2) is 5.25. The van der Waals surface area contributed by atoms with Gasteiger partial charge in [-0.05, 0) is 28.2 Å². The van der Waals surface area contributed by atoms with Crippen molar-refractivity contribution in [2.45, 2.75) is 6.54 Å². The number of hydrogen-bond donors (Lipinski definition) is 0. The zero-order chi connectivity index (χ0) is 13.1. The summed E-state index contributed by atoms with van der Waals surface area (Å²) in [7, 11) is 0. The highest BCUT2D eigenvalue weighted by Gasteiger charge is 2.07. The fourth-order valence-electron chi connectivity index (χ4n) is 1.47. The number of rotatable bonds is 3. The highest BCUT2D eigenvalue weighted by molar-refractivity contribution is 14.1. The minimum Gasteiger partial charge on any atom is -0.268 e. The fraction of sp³-hybridized carbons (Fsp3) is 0.0909. The lowest BCUT2D eigenvalue weighted by molar-refractivity contribution is -0.384. The van der Waals surface area contributed by atoms with E-state index in [0.29, 0.717) is 5.56 Å². The summed E-state index contributed by atoms with van der Waals surface area (Å²) in [5.41, 5.74) is 0.444. The van der Waals surface area contributed by atoms with Crippen LogP contribution >= 0.6 is 22.6 Å². The first-order chi connectivity index (χ1) is 8.56. The van der Waals surface area contributed by atoms with E-state index in [-0.39, 0.29) is 17.8 Å². The van der Waals surface area contributed by atoms with Gasteiger partial charge in [0.2, 0.25) is 0 Å². The summed E-state index contributed by atoms with van der Waals surface area (Å²) < 4.78 is 2.02. The minimum atomic E-state index is -0.465. The van der Waals surface area contributed by atoms with E-state index in [1.165, 1.54) is 22.9 Å². The Bertz CT molecular complexity index is 654. The van der Waals surface area contributed by atoms with Gasteiger partial charge < -0.3 is 0 Å². The van der Waals surface area contributed by atoms with E-state index >= 15 is 0 Å². The van der Waals surface area contributed by atoms with Crippen molar-refractivity contribution in [3.05, 3.63) is 66.1 Å². The van der Waals surface area contributed by atoms with Crippen molar-refractivity contribution in [3.63, 3.8) is 0 Å². The lowest BCUT2D eigenvalue weighted by Crippen LogP contribution is -2.22. The number of hydrogen-bond acceptors (Lipinski definition) is 4. The van der Waals surface area contributed by atoms with Gasteiger partial charge in [-0.3, -0.25) is 14.9 Å². The smallest absolute Gasteiger partial charge is 0.268 e. The van der Waals surface area contributed by atoms with Gasteiger partial charge in [0.25, 0.3) is 11.2 Å². The Balaban J connectivity index is 2.31. The molecule has 0 saturated carbocycles. The molecule has 0 aliphatic carbocycles. The van der Waals surface area contributed by atoms with E-state index in [1.54, 1.807) is 18.3 Å². The van der Waals surface area contributed by atoms with Crippen LogP contribution in [-0.2, 0) is 6.54 Å². The van der Waals surface area contributed by atoms with Crippen LogP contribution in [0.1, 0.15) is 5.56 Å².